The highest BCUT2D eigenvalue weighted by molar-refractivity contribution is 5.67. The Labute approximate surface area is 129 Å². The van der Waals surface area contributed by atoms with Crippen LogP contribution in [-0.4, -0.2) is 28.0 Å². The molecule has 0 aliphatic carbocycles. The second-order valence-corrected chi connectivity index (χ2v) is 5.33. The molecule has 0 spiro atoms. The van der Waals surface area contributed by atoms with Crippen molar-refractivity contribution in [3.8, 4) is 17.1 Å². The average Bonchev–Trinajstić information content (AvgIpc) is 2.47. The molecule has 0 aliphatic rings. The molecule has 22 heavy (non-hydrogen) atoms. The van der Waals surface area contributed by atoms with Gasteiger partial charge < -0.3 is 15.2 Å². The molecule has 2 aromatic rings. The number of ether oxygens (including phenoxy) is 1. The average molecular weight is 301 g/mol. The van der Waals surface area contributed by atoms with E-state index in [4.69, 9.17) is 9.84 Å². The summed E-state index contributed by atoms with van der Waals surface area (Å²) in [6, 6.07) is 11.1. The van der Waals surface area contributed by atoms with Crippen molar-refractivity contribution < 1.29 is 14.6 Å². The molecule has 2 N–H and O–H groups in total. The summed E-state index contributed by atoms with van der Waals surface area (Å²) in [5, 5.41) is 19.6. The van der Waals surface area contributed by atoms with Crippen LogP contribution in [0, 0.1) is 0 Å². The van der Waals surface area contributed by atoms with E-state index in [9.17, 15) is 4.79 Å². The highest BCUT2D eigenvalue weighted by Crippen LogP contribution is 2.25. The van der Waals surface area contributed by atoms with Crippen molar-refractivity contribution in [1.29, 1.82) is 0 Å². The van der Waals surface area contributed by atoms with Gasteiger partial charge in [0.05, 0.1) is 17.8 Å². The van der Waals surface area contributed by atoms with Crippen molar-refractivity contribution in [3.63, 3.8) is 0 Å². The first-order chi connectivity index (χ1) is 10.4. The number of aromatic nitrogens is 2. The number of nitrogens with one attached hydrogen (secondary N) is 1. The second-order valence-electron chi connectivity index (χ2n) is 5.33. The maximum Gasteiger partial charge on any atom is 0.405 e. The van der Waals surface area contributed by atoms with Crippen LogP contribution in [-0.2, 0) is 5.54 Å². The monoisotopic (exact) mass is 301 g/mol. The molecule has 0 atom stereocenters. The molecule has 0 aliphatic heterocycles. The molecule has 1 aromatic heterocycles. The molecule has 0 bridgehead atoms. The van der Waals surface area contributed by atoms with Crippen LogP contribution in [0.2, 0.25) is 0 Å². The minimum atomic E-state index is -1.06. The fourth-order valence-electron chi connectivity index (χ4n) is 2.11. The molecule has 1 heterocycles. The van der Waals surface area contributed by atoms with E-state index < -0.39 is 11.6 Å². The Morgan fingerprint density at radius 1 is 1.27 bits per heavy atom. The molecule has 1 amide bonds. The van der Waals surface area contributed by atoms with Crippen LogP contribution in [0.4, 0.5) is 4.79 Å². The van der Waals surface area contributed by atoms with Gasteiger partial charge in [0.2, 0.25) is 5.88 Å². The largest absolute Gasteiger partial charge is 0.477 e. The minimum Gasteiger partial charge on any atom is -0.477 e. The van der Waals surface area contributed by atoms with Crippen LogP contribution in [0.3, 0.4) is 0 Å². The van der Waals surface area contributed by atoms with Crippen molar-refractivity contribution in [3.05, 3.63) is 42.0 Å². The van der Waals surface area contributed by atoms with E-state index in [1.807, 2.05) is 51.1 Å². The first-order valence-corrected chi connectivity index (χ1v) is 7.01. The highest BCUT2D eigenvalue weighted by atomic mass is 16.5. The minimum absolute atomic E-state index is 0.482. The van der Waals surface area contributed by atoms with Crippen molar-refractivity contribution >= 4 is 6.09 Å². The molecule has 0 unspecified atom stereocenters. The van der Waals surface area contributed by atoms with Gasteiger partial charge in [-0.3, -0.25) is 0 Å². The third-order valence-corrected chi connectivity index (χ3v) is 3.23. The Morgan fingerprint density at radius 3 is 2.64 bits per heavy atom. The maximum absolute atomic E-state index is 10.9. The highest BCUT2D eigenvalue weighted by Gasteiger charge is 2.23. The molecule has 116 valence electrons. The predicted octanol–water partition coefficient (Wildman–Crippen LogP) is 3.04. The van der Waals surface area contributed by atoms with Gasteiger partial charge in [-0.15, -0.1) is 10.2 Å². The van der Waals surface area contributed by atoms with E-state index in [1.165, 1.54) is 0 Å². The lowest BCUT2D eigenvalue weighted by Gasteiger charge is -2.25. The predicted molar refractivity (Wildman–Crippen MR) is 82.8 cm³/mol. The van der Waals surface area contributed by atoms with Gasteiger partial charge in [-0.2, -0.15) is 0 Å². The molecule has 0 saturated carbocycles. The molecule has 2 rings (SSSR count). The lowest BCUT2D eigenvalue weighted by atomic mass is 9.92. The van der Waals surface area contributed by atoms with Gasteiger partial charge in [-0.05, 0) is 38.5 Å². The van der Waals surface area contributed by atoms with E-state index >= 15 is 0 Å². The molecule has 1 aromatic carbocycles. The first-order valence-electron chi connectivity index (χ1n) is 7.01. The van der Waals surface area contributed by atoms with Crippen LogP contribution >= 0.6 is 0 Å². The van der Waals surface area contributed by atoms with Gasteiger partial charge in [0.1, 0.15) is 0 Å². The molecule has 0 saturated heterocycles. The van der Waals surface area contributed by atoms with E-state index in [2.05, 4.69) is 15.5 Å². The SMILES string of the molecule is CCOc1ccc(-c2cccc(C(C)(C)NC(=O)O)c2)nn1. The number of carboxylic acid groups (broad SMARTS) is 1. The van der Waals surface area contributed by atoms with Crippen molar-refractivity contribution in [2.45, 2.75) is 26.3 Å². The Morgan fingerprint density at radius 2 is 2.05 bits per heavy atom. The quantitative estimate of drug-likeness (QED) is 0.886. The molecular weight excluding hydrogens is 282 g/mol. The molecule has 0 radical (unpaired) electrons. The summed E-state index contributed by atoms with van der Waals surface area (Å²) in [5.74, 6) is 0.482. The Kier molecular flexibility index (Phi) is 4.60. The summed E-state index contributed by atoms with van der Waals surface area (Å²) in [4.78, 5) is 10.9. The van der Waals surface area contributed by atoms with Crippen LogP contribution < -0.4 is 10.1 Å². The van der Waals surface area contributed by atoms with Gasteiger partial charge in [-0.25, -0.2) is 4.79 Å². The van der Waals surface area contributed by atoms with Crippen LogP contribution in [0.25, 0.3) is 11.3 Å². The summed E-state index contributed by atoms with van der Waals surface area (Å²) >= 11 is 0. The van der Waals surface area contributed by atoms with Crippen molar-refractivity contribution in [2.75, 3.05) is 6.61 Å². The van der Waals surface area contributed by atoms with E-state index in [-0.39, 0.29) is 0 Å². The second kappa shape index (κ2) is 6.43. The summed E-state index contributed by atoms with van der Waals surface area (Å²) in [6.45, 7) is 6.04. The lowest BCUT2D eigenvalue weighted by Crippen LogP contribution is -2.40. The van der Waals surface area contributed by atoms with Gasteiger partial charge in [-0.1, -0.05) is 18.2 Å². The number of benzene rings is 1. The van der Waals surface area contributed by atoms with Gasteiger partial charge in [0, 0.05) is 11.6 Å². The topological polar surface area (TPSA) is 84.3 Å². The Bertz CT molecular complexity index is 654. The number of rotatable bonds is 5. The fraction of sp³-hybridized carbons (Fsp3) is 0.312. The van der Waals surface area contributed by atoms with E-state index in [0.29, 0.717) is 18.2 Å². The number of nitrogens with zero attached hydrogens (tertiary/aromatic N) is 2. The standard InChI is InChI=1S/C16H19N3O3/c1-4-22-14-9-8-13(18-19-14)11-6-5-7-12(10-11)16(2,3)17-15(20)21/h5-10,17H,4H2,1-3H3,(H,20,21). The summed E-state index contributed by atoms with van der Waals surface area (Å²) in [7, 11) is 0. The zero-order valence-corrected chi connectivity index (χ0v) is 12.8. The molecule has 6 nitrogen and oxygen atoms in total. The summed E-state index contributed by atoms with van der Waals surface area (Å²) in [5.41, 5.74) is 1.73. The number of carbonyl (C=O) groups is 1. The number of hydrogen-bond donors (Lipinski definition) is 2. The molecule has 6 heteroatoms. The molecular formula is C16H19N3O3. The van der Waals surface area contributed by atoms with Crippen molar-refractivity contribution in [2.24, 2.45) is 0 Å². The van der Waals surface area contributed by atoms with Crippen LogP contribution in [0.5, 0.6) is 5.88 Å². The Hall–Kier alpha value is -2.63. The fourth-order valence-corrected chi connectivity index (χ4v) is 2.11. The van der Waals surface area contributed by atoms with Crippen molar-refractivity contribution in [1.82, 2.24) is 15.5 Å². The first kappa shape index (κ1) is 15.8. The smallest absolute Gasteiger partial charge is 0.405 e. The summed E-state index contributed by atoms with van der Waals surface area (Å²) in [6.07, 6.45) is -1.06. The third kappa shape index (κ3) is 3.72. The third-order valence-electron chi connectivity index (χ3n) is 3.23. The maximum atomic E-state index is 10.9. The zero-order chi connectivity index (χ0) is 16.2. The van der Waals surface area contributed by atoms with E-state index in [1.54, 1.807) is 6.07 Å². The zero-order valence-electron chi connectivity index (χ0n) is 12.8. The van der Waals surface area contributed by atoms with Gasteiger partial charge in [0.25, 0.3) is 0 Å². The van der Waals surface area contributed by atoms with Gasteiger partial charge in [0.15, 0.2) is 0 Å². The lowest BCUT2D eigenvalue weighted by molar-refractivity contribution is 0.182. The normalized spacial score (nSPS) is 11.0. The Balaban J connectivity index is 2.29. The van der Waals surface area contributed by atoms with Crippen LogP contribution in [0.1, 0.15) is 26.3 Å². The van der Waals surface area contributed by atoms with Crippen LogP contribution in [0.15, 0.2) is 36.4 Å². The van der Waals surface area contributed by atoms with E-state index in [0.717, 1.165) is 11.1 Å². The number of amides is 1. The molecule has 0 fully saturated rings. The van der Waals surface area contributed by atoms with Gasteiger partial charge >= 0.3 is 6.09 Å². The summed E-state index contributed by atoms with van der Waals surface area (Å²) < 4.78 is 5.27. The number of hydrogen-bond acceptors (Lipinski definition) is 4.